The van der Waals surface area contributed by atoms with Gasteiger partial charge >= 0.3 is 0 Å². The van der Waals surface area contributed by atoms with Crippen LogP contribution >= 0.6 is 0 Å². The largest absolute Gasteiger partial charge is 0.350 e. The van der Waals surface area contributed by atoms with Crippen LogP contribution in [-0.4, -0.2) is 18.0 Å². The number of ether oxygens (including phenoxy) is 2. The maximum Gasteiger partial charge on any atom is 0.169 e. The lowest BCUT2D eigenvalue weighted by Crippen LogP contribution is -2.47. The first-order valence-electron chi connectivity index (χ1n) is 10.4. The summed E-state index contributed by atoms with van der Waals surface area (Å²) in [7, 11) is 0. The van der Waals surface area contributed by atoms with E-state index in [-0.39, 0.29) is 11.4 Å². The Hall–Kier alpha value is -0.0800. The standard InChI is InChI=1S/C21H44O2/c1-7-13-18-20(14-8-2,15-9-3)23-21(16-10-4,17-11-5)22-19-12-6/h7-19H2,1-6H3. The van der Waals surface area contributed by atoms with Crippen LogP contribution < -0.4 is 0 Å². The van der Waals surface area contributed by atoms with Crippen molar-refractivity contribution in [2.75, 3.05) is 6.61 Å². The first-order chi connectivity index (χ1) is 11.1. The van der Waals surface area contributed by atoms with Crippen molar-refractivity contribution in [3.63, 3.8) is 0 Å². The summed E-state index contributed by atoms with van der Waals surface area (Å²) in [5.41, 5.74) is 0.0115. The summed E-state index contributed by atoms with van der Waals surface area (Å²) in [6.45, 7) is 14.3. The molecule has 0 spiro atoms. The van der Waals surface area contributed by atoms with E-state index in [0.717, 1.165) is 51.6 Å². The van der Waals surface area contributed by atoms with E-state index >= 15 is 0 Å². The minimum Gasteiger partial charge on any atom is -0.350 e. The zero-order valence-electron chi connectivity index (χ0n) is 17.0. The van der Waals surface area contributed by atoms with E-state index in [0.29, 0.717) is 0 Å². The predicted molar refractivity (Wildman–Crippen MR) is 102 cm³/mol. The van der Waals surface area contributed by atoms with Gasteiger partial charge < -0.3 is 9.47 Å². The van der Waals surface area contributed by atoms with Gasteiger partial charge in [-0.05, 0) is 25.7 Å². The molecule has 0 amide bonds. The van der Waals surface area contributed by atoms with Crippen molar-refractivity contribution < 1.29 is 9.47 Å². The molecule has 2 heteroatoms. The highest BCUT2D eigenvalue weighted by molar-refractivity contribution is 4.85. The molecule has 0 unspecified atom stereocenters. The van der Waals surface area contributed by atoms with Crippen molar-refractivity contribution in [1.29, 1.82) is 0 Å². The van der Waals surface area contributed by atoms with E-state index in [1.165, 1.54) is 32.1 Å². The highest BCUT2D eigenvalue weighted by Gasteiger charge is 2.40. The van der Waals surface area contributed by atoms with Crippen LogP contribution in [0.3, 0.4) is 0 Å². The topological polar surface area (TPSA) is 18.5 Å². The fourth-order valence-electron chi connectivity index (χ4n) is 3.78. The smallest absolute Gasteiger partial charge is 0.169 e. The Morgan fingerprint density at radius 1 is 0.565 bits per heavy atom. The quantitative estimate of drug-likeness (QED) is 0.278. The molecule has 0 radical (unpaired) electrons. The third-order valence-electron chi connectivity index (χ3n) is 4.63. The number of rotatable bonds is 16. The predicted octanol–water partition coefficient (Wildman–Crippen LogP) is 7.26. The molecular weight excluding hydrogens is 284 g/mol. The molecule has 2 nitrogen and oxygen atoms in total. The molecule has 0 atom stereocenters. The molecule has 0 saturated heterocycles. The first kappa shape index (κ1) is 22.9. The van der Waals surface area contributed by atoms with E-state index in [4.69, 9.17) is 9.47 Å². The molecule has 0 aliphatic carbocycles. The third kappa shape index (κ3) is 8.54. The lowest BCUT2D eigenvalue weighted by Gasteiger charge is -2.44. The van der Waals surface area contributed by atoms with Crippen LogP contribution in [0.25, 0.3) is 0 Å². The molecule has 0 rings (SSSR count). The zero-order valence-corrected chi connectivity index (χ0v) is 17.0. The molecule has 0 aromatic carbocycles. The maximum atomic E-state index is 6.97. The van der Waals surface area contributed by atoms with Gasteiger partial charge in [0.15, 0.2) is 5.79 Å². The summed E-state index contributed by atoms with van der Waals surface area (Å²) in [5, 5.41) is 0. The second kappa shape index (κ2) is 13.2. The minimum atomic E-state index is -0.364. The van der Waals surface area contributed by atoms with Crippen LogP contribution in [0, 0.1) is 0 Å². The van der Waals surface area contributed by atoms with Gasteiger partial charge in [-0.15, -0.1) is 0 Å². The van der Waals surface area contributed by atoms with E-state index in [1.54, 1.807) is 0 Å². The SMILES string of the molecule is CCCCC(CCC)(CCC)OC(CCC)(CCC)OCCC. The monoisotopic (exact) mass is 328 g/mol. The summed E-state index contributed by atoms with van der Waals surface area (Å²) in [6, 6.07) is 0. The van der Waals surface area contributed by atoms with Crippen molar-refractivity contribution in [2.45, 2.75) is 130 Å². The molecule has 23 heavy (non-hydrogen) atoms. The normalized spacial score (nSPS) is 12.8. The number of hydrogen-bond acceptors (Lipinski definition) is 2. The Kier molecular flexibility index (Phi) is 13.2. The van der Waals surface area contributed by atoms with Crippen molar-refractivity contribution in [2.24, 2.45) is 0 Å². The van der Waals surface area contributed by atoms with Crippen LogP contribution in [-0.2, 0) is 9.47 Å². The van der Waals surface area contributed by atoms with Crippen molar-refractivity contribution in [3.05, 3.63) is 0 Å². The second-order valence-electron chi connectivity index (χ2n) is 7.15. The molecule has 0 heterocycles. The second-order valence-corrected chi connectivity index (χ2v) is 7.15. The fourth-order valence-corrected chi connectivity index (χ4v) is 3.78. The molecule has 140 valence electrons. The van der Waals surface area contributed by atoms with Crippen LogP contribution in [0.2, 0.25) is 0 Å². The lowest BCUT2D eigenvalue weighted by atomic mass is 9.86. The van der Waals surface area contributed by atoms with Crippen molar-refractivity contribution >= 4 is 0 Å². The molecule has 0 saturated carbocycles. The lowest BCUT2D eigenvalue weighted by molar-refractivity contribution is -0.301. The molecule has 0 bridgehead atoms. The Bertz CT molecular complexity index is 225. The van der Waals surface area contributed by atoms with E-state index < -0.39 is 0 Å². The van der Waals surface area contributed by atoms with Crippen LogP contribution in [0.4, 0.5) is 0 Å². The Balaban J connectivity index is 5.39. The average molecular weight is 329 g/mol. The van der Waals surface area contributed by atoms with Gasteiger partial charge in [-0.25, -0.2) is 0 Å². The molecule has 0 N–H and O–H groups in total. The van der Waals surface area contributed by atoms with Gasteiger partial charge in [-0.2, -0.15) is 0 Å². The van der Waals surface area contributed by atoms with Crippen LogP contribution in [0.1, 0.15) is 119 Å². The Morgan fingerprint density at radius 3 is 1.48 bits per heavy atom. The summed E-state index contributed by atoms with van der Waals surface area (Å²) >= 11 is 0. The number of hydrogen-bond donors (Lipinski definition) is 0. The third-order valence-corrected chi connectivity index (χ3v) is 4.63. The molecule has 0 aliphatic rings. The number of unbranched alkanes of at least 4 members (excludes halogenated alkanes) is 1. The average Bonchev–Trinajstić information content (AvgIpc) is 2.52. The summed E-state index contributed by atoms with van der Waals surface area (Å²) in [6.07, 6.45) is 13.7. The van der Waals surface area contributed by atoms with Crippen LogP contribution in [0.5, 0.6) is 0 Å². The minimum absolute atomic E-state index is 0.0115. The van der Waals surface area contributed by atoms with Gasteiger partial charge in [0.25, 0.3) is 0 Å². The Morgan fingerprint density at radius 2 is 1.09 bits per heavy atom. The van der Waals surface area contributed by atoms with Gasteiger partial charge in [0.1, 0.15) is 0 Å². The Labute approximate surface area is 146 Å². The van der Waals surface area contributed by atoms with Crippen molar-refractivity contribution in [3.8, 4) is 0 Å². The highest BCUT2D eigenvalue weighted by Crippen LogP contribution is 2.39. The molecule has 0 aliphatic heterocycles. The molecule has 0 aromatic heterocycles. The molecular formula is C21H44O2. The summed E-state index contributed by atoms with van der Waals surface area (Å²) in [4.78, 5) is 0. The van der Waals surface area contributed by atoms with Gasteiger partial charge in [0.2, 0.25) is 0 Å². The van der Waals surface area contributed by atoms with Crippen LogP contribution in [0.15, 0.2) is 0 Å². The van der Waals surface area contributed by atoms with E-state index in [1.807, 2.05) is 0 Å². The van der Waals surface area contributed by atoms with Gasteiger partial charge in [-0.1, -0.05) is 80.1 Å². The van der Waals surface area contributed by atoms with Gasteiger partial charge in [0.05, 0.1) is 5.60 Å². The fraction of sp³-hybridized carbons (Fsp3) is 1.00. The highest BCUT2D eigenvalue weighted by atomic mass is 16.7. The van der Waals surface area contributed by atoms with E-state index in [9.17, 15) is 0 Å². The molecule has 0 aromatic rings. The summed E-state index contributed by atoms with van der Waals surface area (Å²) < 4.78 is 13.3. The van der Waals surface area contributed by atoms with Gasteiger partial charge in [0, 0.05) is 19.4 Å². The first-order valence-corrected chi connectivity index (χ1v) is 10.4. The zero-order chi connectivity index (χ0) is 17.6. The molecule has 0 fully saturated rings. The van der Waals surface area contributed by atoms with E-state index in [2.05, 4.69) is 41.5 Å². The summed E-state index contributed by atoms with van der Waals surface area (Å²) in [5.74, 6) is -0.364. The maximum absolute atomic E-state index is 6.97. The van der Waals surface area contributed by atoms with Gasteiger partial charge in [-0.3, -0.25) is 0 Å². The van der Waals surface area contributed by atoms with Crippen molar-refractivity contribution in [1.82, 2.24) is 0 Å².